The summed E-state index contributed by atoms with van der Waals surface area (Å²) in [6, 6.07) is 3.81. The average Bonchev–Trinajstić information content (AvgIpc) is 2.35. The van der Waals surface area contributed by atoms with Crippen LogP contribution < -0.4 is 16.6 Å². The zero-order chi connectivity index (χ0) is 14.5. The molecular weight excluding hydrogens is 325 g/mol. The Bertz CT molecular complexity index is 460. The fraction of sp³-hybridized carbons (Fsp3) is 0.364. The molecule has 8 heteroatoms. The lowest BCUT2D eigenvalue weighted by Crippen LogP contribution is -2.36. The summed E-state index contributed by atoms with van der Waals surface area (Å²) >= 11 is 2.87. The summed E-state index contributed by atoms with van der Waals surface area (Å²) in [5, 5.41) is 2.70. The second-order valence-corrected chi connectivity index (χ2v) is 4.55. The van der Waals surface area contributed by atoms with Crippen molar-refractivity contribution in [3.8, 4) is 0 Å². The first-order chi connectivity index (χ1) is 8.88. The van der Waals surface area contributed by atoms with E-state index in [0.29, 0.717) is 6.54 Å². The zero-order valence-electron chi connectivity index (χ0n) is 10.2. The quantitative estimate of drug-likeness (QED) is 0.343. The second kappa shape index (κ2) is 6.76. The SMILES string of the molecule is CCCN=C(NN)Nc1ccc(Br)c(C(F)(F)F)c1. The highest BCUT2D eigenvalue weighted by Gasteiger charge is 2.33. The molecule has 0 unspecified atom stereocenters. The maximum absolute atomic E-state index is 12.7. The van der Waals surface area contributed by atoms with Gasteiger partial charge in [-0.1, -0.05) is 22.9 Å². The van der Waals surface area contributed by atoms with Gasteiger partial charge in [0, 0.05) is 16.7 Å². The lowest BCUT2D eigenvalue weighted by atomic mass is 10.2. The monoisotopic (exact) mass is 338 g/mol. The van der Waals surface area contributed by atoms with Crippen molar-refractivity contribution in [2.75, 3.05) is 11.9 Å². The molecule has 0 aliphatic heterocycles. The third-order valence-electron chi connectivity index (χ3n) is 2.16. The minimum atomic E-state index is -4.42. The first-order valence-electron chi connectivity index (χ1n) is 5.53. The Morgan fingerprint density at radius 1 is 1.42 bits per heavy atom. The number of guanidine groups is 1. The largest absolute Gasteiger partial charge is 0.417 e. The van der Waals surface area contributed by atoms with Crippen molar-refractivity contribution in [2.45, 2.75) is 19.5 Å². The number of rotatable bonds is 3. The number of hydrogen-bond acceptors (Lipinski definition) is 2. The summed E-state index contributed by atoms with van der Waals surface area (Å²) in [5.74, 6) is 5.46. The van der Waals surface area contributed by atoms with Gasteiger partial charge in [-0.3, -0.25) is 10.4 Å². The topological polar surface area (TPSA) is 62.4 Å². The van der Waals surface area contributed by atoms with E-state index in [-0.39, 0.29) is 16.1 Å². The molecule has 1 rings (SSSR count). The van der Waals surface area contributed by atoms with Crippen LogP contribution in [0.5, 0.6) is 0 Å². The Balaban J connectivity index is 2.97. The number of hydrogen-bond donors (Lipinski definition) is 3. The van der Waals surface area contributed by atoms with Crippen LogP contribution in [0.1, 0.15) is 18.9 Å². The summed E-state index contributed by atoms with van der Waals surface area (Å²) in [6.07, 6.45) is -3.62. The summed E-state index contributed by atoms with van der Waals surface area (Å²) < 4.78 is 38.2. The zero-order valence-corrected chi connectivity index (χ0v) is 11.8. The Morgan fingerprint density at radius 3 is 2.63 bits per heavy atom. The number of alkyl halides is 3. The molecule has 0 radical (unpaired) electrons. The number of nitrogens with zero attached hydrogens (tertiary/aromatic N) is 1. The predicted molar refractivity (Wildman–Crippen MR) is 72.7 cm³/mol. The average molecular weight is 339 g/mol. The number of hydrazine groups is 1. The first-order valence-corrected chi connectivity index (χ1v) is 6.32. The van der Waals surface area contributed by atoms with Crippen molar-refractivity contribution in [1.82, 2.24) is 5.43 Å². The van der Waals surface area contributed by atoms with Crippen LogP contribution in [0, 0.1) is 0 Å². The summed E-state index contributed by atoms with van der Waals surface area (Å²) in [7, 11) is 0. The Hall–Kier alpha value is -1.28. The van der Waals surface area contributed by atoms with Gasteiger partial charge in [0.05, 0.1) is 5.56 Å². The molecule has 0 aliphatic carbocycles. The van der Waals surface area contributed by atoms with E-state index in [1.807, 2.05) is 6.92 Å². The number of anilines is 1. The third-order valence-corrected chi connectivity index (χ3v) is 2.86. The standard InChI is InChI=1S/C11H14BrF3N4/c1-2-5-17-10(19-16)18-7-3-4-9(12)8(6-7)11(13,14)15/h3-4,6H,2,5,16H2,1H3,(H2,17,18,19). The minimum absolute atomic E-state index is 0.0155. The second-order valence-electron chi connectivity index (χ2n) is 3.69. The molecule has 0 fully saturated rings. The van der Waals surface area contributed by atoms with E-state index < -0.39 is 11.7 Å². The van der Waals surface area contributed by atoms with Crippen molar-refractivity contribution in [1.29, 1.82) is 0 Å². The van der Waals surface area contributed by atoms with Gasteiger partial charge in [0.2, 0.25) is 5.96 Å². The van der Waals surface area contributed by atoms with E-state index in [1.165, 1.54) is 12.1 Å². The molecule has 4 N–H and O–H groups in total. The van der Waals surface area contributed by atoms with Crippen LogP contribution in [-0.2, 0) is 6.18 Å². The maximum Gasteiger partial charge on any atom is 0.417 e. The number of benzene rings is 1. The highest BCUT2D eigenvalue weighted by Crippen LogP contribution is 2.36. The number of nitrogens with two attached hydrogens (primary N) is 1. The minimum Gasteiger partial charge on any atom is -0.325 e. The highest BCUT2D eigenvalue weighted by molar-refractivity contribution is 9.10. The van der Waals surface area contributed by atoms with E-state index in [0.717, 1.165) is 12.5 Å². The molecular formula is C11H14BrF3N4. The van der Waals surface area contributed by atoms with E-state index in [4.69, 9.17) is 5.84 Å². The van der Waals surface area contributed by atoms with E-state index >= 15 is 0 Å². The lowest BCUT2D eigenvalue weighted by Gasteiger charge is -2.13. The van der Waals surface area contributed by atoms with Crippen LogP contribution in [0.4, 0.5) is 18.9 Å². The van der Waals surface area contributed by atoms with Crippen LogP contribution in [0.3, 0.4) is 0 Å². The van der Waals surface area contributed by atoms with Gasteiger partial charge in [0.1, 0.15) is 0 Å². The van der Waals surface area contributed by atoms with Crippen LogP contribution in [-0.4, -0.2) is 12.5 Å². The fourth-order valence-corrected chi connectivity index (χ4v) is 1.77. The Kier molecular flexibility index (Phi) is 5.61. The molecule has 0 aromatic heterocycles. The van der Waals surface area contributed by atoms with Gasteiger partial charge in [-0.2, -0.15) is 13.2 Å². The third kappa shape index (κ3) is 4.71. The summed E-state index contributed by atoms with van der Waals surface area (Å²) in [6.45, 7) is 2.45. The molecule has 0 spiro atoms. The molecule has 0 saturated heterocycles. The highest BCUT2D eigenvalue weighted by atomic mass is 79.9. The van der Waals surface area contributed by atoms with Crippen molar-refractivity contribution in [3.05, 3.63) is 28.2 Å². The normalized spacial score (nSPS) is 12.4. The van der Waals surface area contributed by atoms with Gasteiger partial charge in [-0.05, 0) is 24.6 Å². The number of halogens is 4. The molecule has 0 atom stereocenters. The fourth-order valence-electron chi connectivity index (χ4n) is 1.30. The number of nitrogens with one attached hydrogen (secondary N) is 2. The molecule has 106 valence electrons. The Morgan fingerprint density at radius 2 is 2.11 bits per heavy atom. The molecule has 0 aliphatic rings. The maximum atomic E-state index is 12.7. The van der Waals surface area contributed by atoms with Gasteiger partial charge in [-0.25, -0.2) is 5.84 Å². The molecule has 0 saturated carbocycles. The molecule has 0 bridgehead atoms. The van der Waals surface area contributed by atoms with Crippen LogP contribution >= 0.6 is 15.9 Å². The van der Waals surface area contributed by atoms with Gasteiger partial charge >= 0.3 is 6.18 Å². The smallest absolute Gasteiger partial charge is 0.325 e. The Labute approximate surface area is 117 Å². The molecule has 0 amide bonds. The first kappa shape index (κ1) is 15.8. The predicted octanol–water partition coefficient (Wildman–Crippen LogP) is 3.11. The van der Waals surface area contributed by atoms with E-state index in [1.54, 1.807) is 0 Å². The van der Waals surface area contributed by atoms with Crippen molar-refractivity contribution in [2.24, 2.45) is 10.8 Å². The molecule has 19 heavy (non-hydrogen) atoms. The van der Waals surface area contributed by atoms with Crippen LogP contribution in [0.2, 0.25) is 0 Å². The van der Waals surface area contributed by atoms with E-state index in [9.17, 15) is 13.2 Å². The van der Waals surface area contributed by atoms with Crippen molar-refractivity contribution >= 4 is 27.6 Å². The van der Waals surface area contributed by atoms with Crippen LogP contribution in [0.25, 0.3) is 0 Å². The summed E-state index contributed by atoms with van der Waals surface area (Å²) in [5.41, 5.74) is 1.80. The van der Waals surface area contributed by atoms with E-state index in [2.05, 4.69) is 31.7 Å². The molecule has 0 heterocycles. The van der Waals surface area contributed by atoms with Gasteiger partial charge < -0.3 is 5.32 Å². The van der Waals surface area contributed by atoms with Crippen LogP contribution in [0.15, 0.2) is 27.7 Å². The molecule has 4 nitrogen and oxygen atoms in total. The molecule has 1 aromatic rings. The van der Waals surface area contributed by atoms with Gasteiger partial charge in [0.15, 0.2) is 0 Å². The lowest BCUT2D eigenvalue weighted by molar-refractivity contribution is -0.138. The van der Waals surface area contributed by atoms with Crippen molar-refractivity contribution in [3.63, 3.8) is 0 Å². The van der Waals surface area contributed by atoms with Crippen molar-refractivity contribution < 1.29 is 13.2 Å². The number of aliphatic imine (C=N–C) groups is 1. The molecule has 1 aromatic carbocycles. The van der Waals surface area contributed by atoms with Gasteiger partial charge in [0.25, 0.3) is 0 Å². The summed E-state index contributed by atoms with van der Waals surface area (Å²) in [4.78, 5) is 4.05. The van der Waals surface area contributed by atoms with Gasteiger partial charge in [-0.15, -0.1) is 0 Å².